The zero-order valence-corrected chi connectivity index (χ0v) is 16.0. The Morgan fingerprint density at radius 1 is 1.12 bits per heavy atom. The number of nitrogens with zero attached hydrogens (tertiary/aromatic N) is 1. The third-order valence-electron chi connectivity index (χ3n) is 3.98. The monoisotopic (exact) mass is 357 g/mol. The van der Waals surface area contributed by atoms with Crippen molar-refractivity contribution < 1.29 is 14.3 Å². The standard InChI is InChI=1S/C21H27NO4/c1-5-17-19(26-15-16-9-7-6-8-10-16)18(23)11-12-22(17)13-14-25-20(24)21(2,3)4/h6-12H,5,13-15H2,1-4H3. The van der Waals surface area contributed by atoms with Gasteiger partial charge < -0.3 is 14.0 Å². The Labute approximate surface area is 154 Å². The minimum atomic E-state index is -0.527. The molecule has 0 saturated carbocycles. The SMILES string of the molecule is CCc1c(OCc2ccccc2)c(=O)ccn1CCOC(=O)C(C)(C)C. The van der Waals surface area contributed by atoms with E-state index in [0.717, 1.165) is 11.3 Å². The lowest BCUT2D eigenvalue weighted by atomic mass is 9.97. The molecule has 0 aliphatic rings. The van der Waals surface area contributed by atoms with Crippen LogP contribution in [0.4, 0.5) is 0 Å². The molecule has 0 fully saturated rings. The van der Waals surface area contributed by atoms with Gasteiger partial charge in [0.25, 0.3) is 0 Å². The molecule has 1 aromatic carbocycles. The van der Waals surface area contributed by atoms with Crippen LogP contribution in [0.2, 0.25) is 0 Å². The van der Waals surface area contributed by atoms with Gasteiger partial charge in [-0.05, 0) is 32.8 Å². The third kappa shape index (κ3) is 5.22. The molecule has 5 heteroatoms. The number of ether oxygens (including phenoxy) is 2. The number of benzene rings is 1. The average molecular weight is 357 g/mol. The van der Waals surface area contributed by atoms with Crippen LogP contribution in [0.1, 0.15) is 39.0 Å². The molecule has 0 N–H and O–H groups in total. The van der Waals surface area contributed by atoms with Crippen molar-refractivity contribution >= 4 is 5.97 Å². The Hall–Kier alpha value is -2.56. The van der Waals surface area contributed by atoms with Crippen molar-refractivity contribution in [3.63, 3.8) is 0 Å². The van der Waals surface area contributed by atoms with Crippen molar-refractivity contribution in [3.05, 3.63) is 64.1 Å². The lowest BCUT2D eigenvalue weighted by molar-refractivity contribution is -0.153. The fourth-order valence-electron chi connectivity index (χ4n) is 2.51. The Morgan fingerprint density at radius 3 is 2.42 bits per heavy atom. The van der Waals surface area contributed by atoms with E-state index in [1.807, 2.05) is 62.6 Å². The molecule has 0 aliphatic heterocycles. The Kier molecular flexibility index (Phi) is 6.61. The Morgan fingerprint density at radius 2 is 1.81 bits per heavy atom. The predicted octanol–water partition coefficient (Wildman–Crippen LogP) is 3.58. The smallest absolute Gasteiger partial charge is 0.311 e. The third-order valence-corrected chi connectivity index (χ3v) is 3.98. The van der Waals surface area contributed by atoms with Crippen LogP contribution in [0, 0.1) is 5.41 Å². The van der Waals surface area contributed by atoms with E-state index in [2.05, 4.69) is 0 Å². The maximum absolute atomic E-state index is 12.3. The fourth-order valence-corrected chi connectivity index (χ4v) is 2.51. The topological polar surface area (TPSA) is 57.5 Å². The molecular weight excluding hydrogens is 330 g/mol. The normalized spacial score (nSPS) is 11.2. The molecule has 1 heterocycles. The molecule has 2 rings (SSSR count). The van der Waals surface area contributed by atoms with Gasteiger partial charge in [0.1, 0.15) is 13.2 Å². The summed E-state index contributed by atoms with van der Waals surface area (Å²) < 4.78 is 13.1. The lowest BCUT2D eigenvalue weighted by Crippen LogP contribution is -2.25. The van der Waals surface area contributed by atoms with Crippen molar-refractivity contribution in [3.8, 4) is 5.75 Å². The van der Waals surface area contributed by atoms with Crippen LogP contribution in [0.5, 0.6) is 5.75 Å². The minimum Gasteiger partial charge on any atom is -0.483 e. The first-order valence-electron chi connectivity index (χ1n) is 8.89. The number of rotatable bonds is 7. The first-order valence-corrected chi connectivity index (χ1v) is 8.89. The van der Waals surface area contributed by atoms with Crippen LogP contribution < -0.4 is 10.2 Å². The molecule has 0 aliphatic carbocycles. The molecule has 2 aromatic rings. The lowest BCUT2D eigenvalue weighted by Gasteiger charge is -2.19. The van der Waals surface area contributed by atoms with Gasteiger partial charge in [0.2, 0.25) is 5.43 Å². The summed E-state index contributed by atoms with van der Waals surface area (Å²) in [6.45, 7) is 8.51. The highest BCUT2D eigenvalue weighted by Gasteiger charge is 2.22. The first-order chi connectivity index (χ1) is 12.3. The van der Waals surface area contributed by atoms with Gasteiger partial charge >= 0.3 is 5.97 Å². The molecule has 0 radical (unpaired) electrons. The number of esters is 1. The largest absolute Gasteiger partial charge is 0.483 e. The Balaban J connectivity index is 2.10. The molecule has 5 nitrogen and oxygen atoms in total. The molecule has 0 unspecified atom stereocenters. The van der Waals surface area contributed by atoms with Gasteiger partial charge in [-0.2, -0.15) is 0 Å². The molecule has 1 aromatic heterocycles. The number of carbonyl (C=O) groups is 1. The number of aromatic nitrogens is 1. The fraction of sp³-hybridized carbons (Fsp3) is 0.429. The van der Waals surface area contributed by atoms with Crippen LogP contribution >= 0.6 is 0 Å². The van der Waals surface area contributed by atoms with Gasteiger partial charge in [0, 0.05) is 12.3 Å². The summed E-state index contributed by atoms with van der Waals surface area (Å²) >= 11 is 0. The van der Waals surface area contributed by atoms with Crippen molar-refractivity contribution in [1.82, 2.24) is 4.57 Å². The summed E-state index contributed by atoms with van der Waals surface area (Å²) in [6, 6.07) is 11.2. The molecule has 0 spiro atoms. The second-order valence-electron chi connectivity index (χ2n) is 7.16. The summed E-state index contributed by atoms with van der Waals surface area (Å²) in [5.74, 6) is 0.123. The van der Waals surface area contributed by atoms with Gasteiger partial charge in [-0.1, -0.05) is 37.3 Å². The molecule has 0 amide bonds. The van der Waals surface area contributed by atoms with Gasteiger partial charge in [0.15, 0.2) is 5.75 Å². The molecule has 0 saturated heterocycles. The maximum atomic E-state index is 12.3. The van der Waals surface area contributed by atoms with E-state index in [1.165, 1.54) is 6.07 Å². The number of hydrogen-bond donors (Lipinski definition) is 0. The highest BCUT2D eigenvalue weighted by molar-refractivity contribution is 5.75. The highest BCUT2D eigenvalue weighted by Crippen LogP contribution is 2.17. The van der Waals surface area contributed by atoms with Crippen molar-refractivity contribution in [1.29, 1.82) is 0 Å². The van der Waals surface area contributed by atoms with Crippen molar-refractivity contribution in [2.45, 2.75) is 47.3 Å². The summed E-state index contributed by atoms with van der Waals surface area (Å²) in [7, 11) is 0. The van der Waals surface area contributed by atoms with E-state index in [9.17, 15) is 9.59 Å². The average Bonchev–Trinajstić information content (AvgIpc) is 2.61. The van der Waals surface area contributed by atoms with Crippen LogP contribution in [0.3, 0.4) is 0 Å². The maximum Gasteiger partial charge on any atom is 0.311 e. The molecule has 140 valence electrons. The quantitative estimate of drug-likeness (QED) is 0.711. The second-order valence-corrected chi connectivity index (χ2v) is 7.16. The van der Waals surface area contributed by atoms with Crippen LogP contribution in [-0.2, 0) is 29.1 Å². The minimum absolute atomic E-state index is 0.138. The molecular formula is C21H27NO4. The van der Waals surface area contributed by atoms with E-state index in [4.69, 9.17) is 9.47 Å². The van der Waals surface area contributed by atoms with E-state index < -0.39 is 5.41 Å². The molecule has 0 atom stereocenters. The first kappa shape index (κ1) is 19.8. The van der Waals surface area contributed by atoms with E-state index in [0.29, 0.717) is 25.3 Å². The summed E-state index contributed by atoms with van der Waals surface area (Å²) in [5.41, 5.74) is 1.14. The van der Waals surface area contributed by atoms with Gasteiger partial charge in [0.05, 0.1) is 17.7 Å². The zero-order chi connectivity index (χ0) is 19.2. The number of carbonyl (C=O) groups excluding carboxylic acids is 1. The van der Waals surface area contributed by atoms with Crippen LogP contribution in [0.25, 0.3) is 0 Å². The molecule has 26 heavy (non-hydrogen) atoms. The van der Waals surface area contributed by atoms with E-state index >= 15 is 0 Å². The van der Waals surface area contributed by atoms with E-state index in [-0.39, 0.29) is 18.0 Å². The van der Waals surface area contributed by atoms with Crippen LogP contribution in [0.15, 0.2) is 47.4 Å². The number of hydrogen-bond acceptors (Lipinski definition) is 4. The summed E-state index contributed by atoms with van der Waals surface area (Å²) in [5, 5.41) is 0. The summed E-state index contributed by atoms with van der Waals surface area (Å²) in [4.78, 5) is 24.1. The van der Waals surface area contributed by atoms with Gasteiger partial charge in [-0.15, -0.1) is 0 Å². The van der Waals surface area contributed by atoms with E-state index in [1.54, 1.807) is 6.20 Å². The van der Waals surface area contributed by atoms with Gasteiger partial charge in [-0.25, -0.2) is 0 Å². The number of pyridine rings is 1. The van der Waals surface area contributed by atoms with Gasteiger partial charge in [-0.3, -0.25) is 9.59 Å². The zero-order valence-electron chi connectivity index (χ0n) is 16.0. The highest BCUT2D eigenvalue weighted by atomic mass is 16.5. The molecule has 0 bridgehead atoms. The Bertz CT molecular complexity index is 788. The van der Waals surface area contributed by atoms with Crippen LogP contribution in [-0.4, -0.2) is 17.1 Å². The van der Waals surface area contributed by atoms with Crippen molar-refractivity contribution in [2.75, 3.05) is 6.61 Å². The predicted molar refractivity (Wildman–Crippen MR) is 101 cm³/mol. The van der Waals surface area contributed by atoms with Crippen molar-refractivity contribution in [2.24, 2.45) is 5.41 Å². The second kappa shape index (κ2) is 8.70. The summed E-state index contributed by atoms with van der Waals surface area (Å²) in [6.07, 6.45) is 2.37.